The molecule has 1 amide bonds. The molecule has 1 aromatic rings. The number of nitrogens with zero attached hydrogens (tertiary/aromatic N) is 2. The van der Waals surface area contributed by atoms with Crippen LogP contribution in [0.3, 0.4) is 0 Å². The summed E-state index contributed by atoms with van der Waals surface area (Å²) in [5, 5.41) is 18.7. The second-order valence-corrected chi connectivity index (χ2v) is 10.5. The largest absolute Gasteiger partial charge is 0.390 e. The molecule has 0 saturated heterocycles. The molecule has 1 heterocycles. The standard InChI is InChI=1S/C21H31N3O2/c1-20(2,3)24-18(13-4-5-13)16(11-22-24)19(25)23-17-14-6-12-7-15(17)10-21(26,8-12)9-14/h11-15,17,26H,4-10H2,1-3H3,(H,23,25)/t12?,14-,15+,17?,21?. The Morgan fingerprint density at radius 1 is 1.23 bits per heavy atom. The fraction of sp³-hybridized carbons (Fsp3) is 0.810. The van der Waals surface area contributed by atoms with Crippen molar-refractivity contribution in [1.82, 2.24) is 15.1 Å². The van der Waals surface area contributed by atoms with E-state index in [9.17, 15) is 9.90 Å². The van der Waals surface area contributed by atoms with Crippen molar-refractivity contribution in [3.05, 3.63) is 17.5 Å². The molecule has 5 heteroatoms. The van der Waals surface area contributed by atoms with Crippen LogP contribution in [-0.4, -0.2) is 32.4 Å². The average Bonchev–Trinajstić information content (AvgIpc) is 3.25. The molecule has 5 aliphatic rings. The normalized spacial score (nSPS) is 38.6. The van der Waals surface area contributed by atoms with Gasteiger partial charge in [0.2, 0.25) is 0 Å². The highest BCUT2D eigenvalue weighted by Gasteiger charge is 2.55. The predicted molar refractivity (Wildman–Crippen MR) is 99.0 cm³/mol. The van der Waals surface area contributed by atoms with Crippen molar-refractivity contribution in [2.24, 2.45) is 17.8 Å². The van der Waals surface area contributed by atoms with Crippen LogP contribution < -0.4 is 5.32 Å². The van der Waals surface area contributed by atoms with Crippen LogP contribution in [0.1, 0.15) is 87.7 Å². The zero-order valence-corrected chi connectivity index (χ0v) is 16.2. The minimum absolute atomic E-state index is 0.0480. The van der Waals surface area contributed by atoms with Gasteiger partial charge in [0.1, 0.15) is 0 Å². The third kappa shape index (κ3) is 2.62. The van der Waals surface area contributed by atoms with E-state index in [-0.39, 0.29) is 17.5 Å². The SMILES string of the molecule is CC(C)(C)n1ncc(C(=O)NC2[C@@H]3CC4C[C@H]2CC(O)(C4)C3)c1C1CC1. The minimum atomic E-state index is -0.450. The van der Waals surface area contributed by atoms with E-state index in [4.69, 9.17) is 0 Å². The number of carbonyl (C=O) groups is 1. The van der Waals surface area contributed by atoms with Crippen LogP contribution in [0, 0.1) is 17.8 Å². The summed E-state index contributed by atoms with van der Waals surface area (Å²) < 4.78 is 2.05. The third-order valence-electron chi connectivity index (χ3n) is 7.19. The van der Waals surface area contributed by atoms with Crippen molar-refractivity contribution in [1.29, 1.82) is 0 Å². The van der Waals surface area contributed by atoms with Crippen LogP contribution in [0.5, 0.6) is 0 Å². The maximum absolute atomic E-state index is 13.2. The van der Waals surface area contributed by atoms with Crippen LogP contribution in [0.2, 0.25) is 0 Å². The lowest BCUT2D eigenvalue weighted by molar-refractivity contribution is -0.136. The molecule has 142 valence electrons. The van der Waals surface area contributed by atoms with Gasteiger partial charge in [-0.1, -0.05) is 0 Å². The number of hydrogen-bond donors (Lipinski definition) is 2. The molecule has 26 heavy (non-hydrogen) atoms. The van der Waals surface area contributed by atoms with E-state index in [1.807, 2.05) is 0 Å². The molecule has 0 aliphatic heterocycles. The summed E-state index contributed by atoms with van der Waals surface area (Å²) in [6, 6.07) is 0.226. The first-order chi connectivity index (χ1) is 12.2. The Balaban J connectivity index is 1.39. The van der Waals surface area contributed by atoms with Gasteiger partial charge in [0, 0.05) is 12.0 Å². The molecule has 5 atom stereocenters. The molecular formula is C21H31N3O2. The third-order valence-corrected chi connectivity index (χ3v) is 7.19. The molecule has 3 unspecified atom stereocenters. The summed E-state index contributed by atoms with van der Waals surface area (Å²) in [5.74, 6) is 2.08. The molecule has 2 N–H and O–H groups in total. The van der Waals surface area contributed by atoms with Gasteiger partial charge in [0.25, 0.3) is 5.91 Å². The Kier molecular flexibility index (Phi) is 3.45. The van der Waals surface area contributed by atoms with Crippen molar-refractivity contribution in [3.63, 3.8) is 0 Å². The van der Waals surface area contributed by atoms with Crippen LogP contribution in [0.15, 0.2) is 6.20 Å². The van der Waals surface area contributed by atoms with Gasteiger partial charge in [-0.15, -0.1) is 0 Å². The van der Waals surface area contributed by atoms with Gasteiger partial charge < -0.3 is 10.4 Å². The van der Waals surface area contributed by atoms with Crippen LogP contribution >= 0.6 is 0 Å². The van der Waals surface area contributed by atoms with E-state index >= 15 is 0 Å². The van der Waals surface area contributed by atoms with Crippen molar-refractivity contribution in [3.8, 4) is 0 Å². The highest BCUT2D eigenvalue weighted by atomic mass is 16.3. The maximum Gasteiger partial charge on any atom is 0.255 e. The molecule has 0 radical (unpaired) electrons. The lowest BCUT2D eigenvalue weighted by Gasteiger charge is -2.58. The maximum atomic E-state index is 13.2. The van der Waals surface area contributed by atoms with Crippen LogP contribution in [0.25, 0.3) is 0 Å². The van der Waals surface area contributed by atoms with E-state index < -0.39 is 5.60 Å². The Bertz CT molecular complexity index is 727. The number of hydrogen-bond acceptors (Lipinski definition) is 3. The van der Waals surface area contributed by atoms with Gasteiger partial charge in [-0.2, -0.15) is 5.10 Å². The van der Waals surface area contributed by atoms with E-state index in [0.717, 1.165) is 43.4 Å². The quantitative estimate of drug-likeness (QED) is 0.873. The second kappa shape index (κ2) is 5.34. The molecule has 0 spiro atoms. The monoisotopic (exact) mass is 357 g/mol. The Labute approximate surface area is 155 Å². The highest BCUT2D eigenvalue weighted by Crippen LogP contribution is 2.55. The number of nitrogens with one attached hydrogen (secondary N) is 1. The van der Waals surface area contributed by atoms with E-state index in [1.165, 1.54) is 12.8 Å². The van der Waals surface area contributed by atoms with Gasteiger partial charge >= 0.3 is 0 Å². The summed E-state index contributed by atoms with van der Waals surface area (Å²) in [6.07, 6.45) is 9.13. The van der Waals surface area contributed by atoms with Crippen LogP contribution in [0.4, 0.5) is 0 Å². The summed E-state index contributed by atoms with van der Waals surface area (Å²) in [6.45, 7) is 6.43. The van der Waals surface area contributed by atoms with Gasteiger partial charge in [0.05, 0.1) is 28.6 Å². The van der Waals surface area contributed by atoms with Crippen molar-refractivity contribution in [2.75, 3.05) is 0 Å². The minimum Gasteiger partial charge on any atom is -0.390 e. The summed E-state index contributed by atoms with van der Waals surface area (Å²) in [4.78, 5) is 13.2. The number of carbonyl (C=O) groups excluding carboxylic acids is 1. The summed E-state index contributed by atoms with van der Waals surface area (Å²) >= 11 is 0. The molecular weight excluding hydrogens is 326 g/mol. The Hall–Kier alpha value is -1.36. The van der Waals surface area contributed by atoms with E-state index in [1.54, 1.807) is 6.20 Å². The summed E-state index contributed by atoms with van der Waals surface area (Å²) in [7, 11) is 0. The molecule has 6 rings (SSSR count). The number of rotatable bonds is 3. The first-order valence-corrected chi connectivity index (χ1v) is 10.4. The molecule has 0 aromatic carbocycles. The second-order valence-electron chi connectivity index (χ2n) is 10.5. The lowest BCUT2D eigenvalue weighted by atomic mass is 9.52. The fourth-order valence-corrected chi connectivity index (χ4v) is 6.26. The molecule has 5 nitrogen and oxygen atoms in total. The van der Waals surface area contributed by atoms with Gasteiger partial charge in [0.15, 0.2) is 0 Å². The fourth-order valence-electron chi connectivity index (χ4n) is 6.26. The molecule has 5 saturated carbocycles. The first-order valence-electron chi connectivity index (χ1n) is 10.4. The summed E-state index contributed by atoms with van der Waals surface area (Å²) in [5.41, 5.74) is 1.34. The first kappa shape index (κ1) is 16.8. The number of amides is 1. The number of aromatic nitrogens is 2. The average molecular weight is 357 g/mol. The smallest absolute Gasteiger partial charge is 0.255 e. The van der Waals surface area contributed by atoms with Crippen molar-refractivity contribution in [2.45, 2.75) is 88.8 Å². The Morgan fingerprint density at radius 2 is 1.88 bits per heavy atom. The van der Waals surface area contributed by atoms with Crippen molar-refractivity contribution < 1.29 is 9.90 Å². The zero-order valence-electron chi connectivity index (χ0n) is 16.2. The molecule has 4 bridgehead atoms. The topological polar surface area (TPSA) is 67.2 Å². The lowest BCUT2D eigenvalue weighted by Crippen LogP contribution is -2.61. The van der Waals surface area contributed by atoms with Crippen LogP contribution in [-0.2, 0) is 5.54 Å². The Morgan fingerprint density at radius 3 is 2.42 bits per heavy atom. The molecule has 1 aromatic heterocycles. The van der Waals surface area contributed by atoms with Gasteiger partial charge in [-0.25, -0.2) is 0 Å². The van der Waals surface area contributed by atoms with E-state index in [0.29, 0.717) is 23.7 Å². The predicted octanol–water partition coefficient (Wildman–Crippen LogP) is 3.18. The van der Waals surface area contributed by atoms with Gasteiger partial charge in [-0.05, 0) is 83.5 Å². The zero-order chi connectivity index (χ0) is 18.3. The molecule has 5 fully saturated rings. The van der Waals surface area contributed by atoms with Crippen molar-refractivity contribution >= 4 is 5.91 Å². The highest BCUT2D eigenvalue weighted by molar-refractivity contribution is 5.95. The number of aliphatic hydroxyl groups is 1. The van der Waals surface area contributed by atoms with E-state index in [2.05, 4.69) is 35.9 Å². The molecule has 5 aliphatic carbocycles. The van der Waals surface area contributed by atoms with Gasteiger partial charge in [-0.3, -0.25) is 9.48 Å².